The number of hydrogen-bond donors (Lipinski definition) is 2. The van der Waals surface area contributed by atoms with Crippen LogP contribution in [0.15, 0.2) is 17.7 Å². The molecule has 0 atom stereocenters. The van der Waals surface area contributed by atoms with Crippen molar-refractivity contribution in [3.63, 3.8) is 0 Å². The molecule has 1 fully saturated rings. The Kier molecular flexibility index (Phi) is 4.13. The number of urea groups is 1. The molecule has 110 valence electrons. The molecule has 0 bridgehead atoms. The Hall–Kier alpha value is -2.54. The van der Waals surface area contributed by atoms with E-state index in [1.807, 2.05) is 10.6 Å². The highest BCUT2D eigenvalue weighted by atomic mass is 35.5. The maximum Gasteiger partial charge on any atom is 0.328 e. The van der Waals surface area contributed by atoms with E-state index in [2.05, 4.69) is 0 Å². The molecule has 0 radical (unpaired) electrons. The van der Waals surface area contributed by atoms with Crippen molar-refractivity contribution in [2.75, 3.05) is 14.2 Å². The second-order valence-electron chi connectivity index (χ2n) is 4.00. The number of rotatable bonds is 3. The Morgan fingerprint density at radius 2 is 1.67 bits per heavy atom. The lowest BCUT2D eigenvalue weighted by Gasteiger charge is -2.15. The summed E-state index contributed by atoms with van der Waals surface area (Å²) in [6.45, 7) is 0. The van der Waals surface area contributed by atoms with E-state index < -0.39 is 17.8 Å². The van der Waals surface area contributed by atoms with Crippen LogP contribution in [0.25, 0.3) is 6.08 Å². The van der Waals surface area contributed by atoms with Crippen molar-refractivity contribution in [2.45, 2.75) is 0 Å². The van der Waals surface area contributed by atoms with E-state index in [9.17, 15) is 14.4 Å². The summed E-state index contributed by atoms with van der Waals surface area (Å²) in [5.41, 5.74) is 0.146. The van der Waals surface area contributed by atoms with E-state index >= 15 is 0 Å². The first-order valence-electron chi connectivity index (χ1n) is 5.76. The van der Waals surface area contributed by atoms with Crippen molar-refractivity contribution in [1.29, 1.82) is 0 Å². The molecule has 2 rings (SSSR count). The van der Waals surface area contributed by atoms with Gasteiger partial charge in [0.15, 0.2) is 11.5 Å². The van der Waals surface area contributed by atoms with E-state index in [1.54, 1.807) is 12.1 Å². The number of barbiturate groups is 1. The van der Waals surface area contributed by atoms with Gasteiger partial charge in [-0.2, -0.15) is 0 Å². The van der Waals surface area contributed by atoms with Gasteiger partial charge in [0.1, 0.15) is 5.57 Å². The Morgan fingerprint density at radius 3 is 2.19 bits per heavy atom. The quantitative estimate of drug-likeness (QED) is 0.644. The van der Waals surface area contributed by atoms with Crippen LogP contribution in [0.2, 0.25) is 5.02 Å². The number of hydrogen-bond acceptors (Lipinski definition) is 5. The Bertz CT molecular complexity index is 647. The monoisotopic (exact) mass is 310 g/mol. The zero-order chi connectivity index (χ0) is 15.6. The molecule has 0 saturated carbocycles. The molecule has 8 heteroatoms. The molecule has 1 aromatic rings. The molecule has 0 aromatic heterocycles. The van der Waals surface area contributed by atoms with E-state index in [4.69, 9.17) is 21.1 Å². The number of nitrogens with one attached hydrogen (secondary N) is 2. The molecule has 21 heavy (non-hydrogen) atoms. The highest BCUT2D eigenvalue weighted by Crippen LogP contribution is 2.38. The Morgan fingerprint density at radius 1 is 1.05 bits per heavy atom. The van der Waals surface area contributed by atoms with Crippen LogP contribution in [-0.2, 0) is 9.59 Å². The summed E-state index contributed by atoms with van der Waals surface area (Å²) >= 11 is 6.16. The summed E-state index contributed by atoms with van der Waals surface area (Å²) in [7, 11) is 2.87. The summed E-state index contributed by atoms with van der Waals surface area (Å²) in [6.07, 6.45) is 1.27. The molecule has 2 N–H and O–H groups in total. The average molecular weight is 311 g/mol. The number of amides is 4. The van der Waals surface area contributed by atoms with Gasteiger partial charge in [0.05, 0.1) is 19.2 Å². The van der Waals surface area contributed by atoms with Crippen molar-refractivity contribution in [3.05, 3.63) is 28.3 Å². The van der Waals surface area contributed by atoms with E-state index in [0.29, 0.717) is 11.3 Å². The first-order chi connectivity index (χ1) is 9.97. The van der Waals surface area contributed by atoms with Crippen molar-refractivity contribution >= 4 is 35.5 Å². The summed E-state index contributed by atoms with van der Waals surface area (Å²) in [4.78, 5) is 34.3. The van der Waals surface area contributed by atoms with Crippen LogP contribution >= 0.6 is 11.6 Å². The van der Waals surface area contributed by atoms with Crippen molar-refractivity contribution < 1.29 is 23.9 Å². The maximum absolute atomic E-state index is 11.6. The minimum Gasteiger partial charge on any atom is -0.493 e. The average Bonchev–Trinajstić information content (AvgIpc) is 2.43. The number of halogens is 1. The van der Waals surface area contributed by atoms with E-state index in [0.717, 1.165) is 0 Å². The largest absolute Gasteiger partial charge is 0.493 e. The second-order valence-corrected chi connectivity index (χ2v) is 4.38. The molecule has 1 aliphatic heterocycles. The van der Waals surface area contributed by atoms with Crippen LogP contribution in [0.3, 0.4) is 0 Å². The molecule has 0 aliphatic carbocycles. The number of imide groups is 2. The van der Waals surface area contributed by atoms with Crippen LogP contribution in [0, 0.1) is 0 Å². The highest BCUT2D eigenvalue weighted by Gasteiger charge is 2.28. The smallest absolute Gasteiger partial charge is 0.328 e. The van der Waals surface area contributed by atoms with Gasteiger partial charge in [-0.25, -0.2) is 4.79 Å². The summed E-state index contributed by atoms with van der Waals surface area (Å²) in [6, 6.07) is 2.29. The SMILES string of the molecule is COc1ccc(C=C2C(=O)NC(=O)NC2=O)c(Cl)c1OC. The highest BCUT2D eigenvalue weighted by molar-refractivity contribution is 6.35. The van der Waals surface area contributed by atoms with Gasteiger partial charge < -0.3 is 9.47 Å². The molecule has 4 amide bonds. The van der Waals surface area contributed by atoms with Gasteiger partial charge in [-0.3, -0.25) is 20.2 Å². The van der Waals surface area contributed by atoms with Gasteiger partial charge in [0.25, 0.3) is 11.8 Å². The molecule has 1 aliphatic rings. The lowest BCUT2D eigenvalue weighted by atomic mass is 10.1. The zero-order valence-electron chi connectivity index (χ0n) is 11.2. The van der Waals surface area contributed by atoms with Gasteiger partial charge in [0.2, 0.25) is 0 Å². The molecule has 1 heterocycles. The van der Waals surface area contributed by atoms with Crippen molar-refractivity contribution in [1.82, 2.24) is 10.6 Å². The molecule has 0 spiro atoms. The fourth-order valence-electron chi connectivity index (χ4n) is 1.78. The van der Waals surface area contributed by atoms with E-state index in [1.165, 1.54) is 20.3 Å². The van der Waals surface area contributed by atoms with Crippen LogP contribution in [-0.4, -0.2) is 32.1 Å². The molecular formula is C13H11ClN2O5. The number of methoxy groups -OCH3 is 2. The lowest BCUT2D eigenvalue weighted by molar-refractivity contribution is -0.123. The third kappa shape index (κ3) is 2.82. The third-order valence-electron chi connectivity index (χ3n) is 2.76. The Labute approximate surface area is 124 Å². The number of carbonyl (C=O) groups excluding carboxylic acids is 3. The van der Waals surface area contributed by atoms with Gasteiger partial charge in [0, 0.05) is 0 Å². The number of benzene rings is 1. The molecule has 7 nitrogen and oxygen atoms in total. The van der Waals surface area contributed by atoms with E-state index in [-0.39, 0.29) is 16.3 Å². The first kappa shape index (κ1) is 14.9. The summed E-state index contributed by atoms with van der Waals surface area (Å²) in [5, 5.41) is 4.13. The fraction of sp³-hybridized carbons (Fsp3) is 0.154. The van der Waals surface area contributed by atoms with Gasteiger partial charge in [-0.05, 0) is 23.8 Å². The predicted octanol–water partition coefficient (Wildman–Crippen LogP) is 1.11. The topological polar surface area (TPSA) is 93.7 Å². The van der Waals surface area contributed by atoms with Crippen molar-refractivity contribution in [3.8, 4) is 11.5 Å². The lowest BCUT2D eigenvalue weighted by Crippen LogP contribution is -2.51. The fourth-order valence-corrected chi connectivity index (χ4v) is 2.07. The number of carbonyl (C=O) groups is 3. The summed E-state index contributed by atoms with van der Waals surface area (Å²) < 4.78 is 10.2. The molecule has 1 aromatic carbocycles. The maximum atomic E-state index is 11.6. The Balaban J connectivity index is 2.48. The molecule has 1 saturated heterocycles. The van der Waals surface area contributed by atoms with Gasteiger partial charge in [-0.15, -0.1) is 0 Å². The van der Waals surface area contributed by atoms with Crippen LogP contribution < -0.4 is 20.1 Å². The zero-order valence-corrected chi connectivity index (χ0v) is 11.9. The number of ether oxygens (including phenoxy) is 2. The minimum atomic E-state index is -0.861. The predicted molar refractivity (Wildman–Crippen MR) is 74.2 cm³/mol. The first-order valence-corrected chi connectivity index (χ1v) is 6.14. The summed E-state index contributed by atoms with van der Waals surface area (Å²) in [5.74, 6) is -0.900. The van der Waals surface area contributed by atoms with Crippen LogP contribution in [0.1, 0.15) is 5.56 Å². The molecule has 0 unspecified atom stereocenters. The normalized spacial score (nSPS) is 14.4. The van der Waals surface area contributed by atoms with Crippen LogP contribution in [0.5, 0.6) is 11.5 Å². The van der Waals surface area contributed by atoms with Crippen molar-refractivity contribution in [2.24, 2.45) is 0 Å². The third-order valence-corrected chi connectivity index (χ3v) is 3.15. The van der Waals surface area contributed by atoms with Gasteiger partial charge >= 0.3 is 6.03 Å². The molecular weight excluding hydrogens is 300 g/mol. The van der Waals surface area contributed by atoms with Gasteiger partial charge in [-0.1, -0.05) is 11.6 Å². The second kappa shape index (κ2) is 5.84. The van der Waals surface area contributed by atoms with Crippen LogP contribution in [0.4, 0.5) is 4.79 Å². The standard InChI is InChI=1S/C13H11ClN2O5/c1-20-8-4-3-6(9(14)10(8)21-2)5-7-11(17)15-13(19)16-12(7)18/h3-5H,1-2H3,(H2,15,16,17,18,19). The minimum absolute atomic E-state index is 0.182.